The molecule has 0 unspecified atom stereocenters. The third kappa shape index (κ3) is 4.23. The summed E-state index contributed by atoms with van der Waals surface area (Å²) in [6, 6.07) is 4.67. The highest BCUT2D eigenvalue weighted by atomic mass is 32.2. The number of hydrogen-bond acceptors (Lipinski definition) is 6. The number of benzene rings is 1. The lowest BCUT2D eigenvalue weighted by atomic mass is 10.2. The summed E-state index contributed by atoms with van der Waals surface area (Å²) in [5.41, 5.74) is 0.294. The number of carbonyl (C=O) groups excluding carboxylic acids is 1. The highest BCUT2D eigenvalue weighted by Crippen LogP contribution is 2.23. The second-order valence-electron chi connectivity index (χ2n) is 4.44. The predicted molar refractivity (Wildman–Crippen MR) is 79.3 cm³/mol. The number of nitrogens with zero attached hydrogens (tertiary/aromatic N) is 1. The van der Waals surface area contributed by atoms with E-state index in [9.17, 15) is 22.0 Å². The second-order valence-corrected chi connectivity index (χ2v) is 7.52. The van der Waals surface area contributed by atoms with E-state index in [2.05, 4.69) is 9.72 Å². The lowest BCUT2D eigenvalue weighted by Gasteiger charge is -2.07. The fourth-order valence-electron chi connectivity index (χ4n) is 1.78. The van der Waals surface area contributed by atoms with Crippen LogP contribution < -0.4 is 9.46 Å². The lowest BCUT2D eigenvalue weighted by Crippen LogP contribution is -2.30. The molecule has 1 heterocycles. The zero-order chi connectivity index (χ0) is 17.2. The van der Waals surface area contributed by atoms with E-state index in [0.717, 1.165) is 23.5 Å². The summed E-state index contributed by atoms with van der Waals surface area (Å²) in [6.45, 7) is 0.201. The number of amides is 1. The summed E-state index contributed by atoms with van der Waals surface area (Å²) in [7, 11) is -4.04. The Morgan fingerprint density at radius 3 is 2.35 bits per heavy atom. The minimum atomic E-state index is -4.04. The lowest BCUT2D eigenvalue weighted by molar-refractivity contribution is -0.0498. The van der Waals surface area contributed by atoms with E-state index in [1.54, 1.807) is 6.92 Å². The molecule has 23 heavy (non-hydrogen) atoms. The molecule has 0 bridgehead atoms. The van der Waals surface area contributed by atoms with Gasteiger partial charge in [-0.15, -0.1) is 11.3 Å². The van der Waals surface area contributed by atoms with Gasteiger partial charge in [-0.3, -0.25) is 4.79 Å². The summed E-state index contributed by atoms with van der Waals surface area (Å²) in [5, 5.41) is 0.559. The average Bonchev–Trinajstić information content (AvgIpc) is 2.78. The Bertz CT molecular complexity index is 817. The molecule has 0 aliphatic carbocycles. The predicted octanol–water partition coefficient (Wildman–Crippen LogP) is 2.48. The van der Waals surface area contributed by atoms with E-state index < -0.39 is 22.5 Å². The van der Waals surface area contributed by atoms with Crippen LogP contribution >= 0.6 is 11.3 Å². The Kier molecular flexibility index (Phi) is 4.95. The van der Waals surface area contributed by atoms with Crippen LogP contribution in [0.15, 0.2) is 28.5 Å². The first-order valence-corrected chi connectivity index (χ1v) is 8.55. The Labute approximate surface area is 135 Å². The molecular weight excluding hydrogens is 350 g/mol. The maximum absolute atomic E-state index is 12.2. The molecule has 2 rings (SSSR count). The summed E-state index contributed by atoms with van der Waals surface area (Å²) < 4.78 is 54.5. The molecule has 0 atom stereocenters. The Morgan fingerprint density at radius 2 is 1.87 bits per heavy atom. The van der Waals surface area contributed by atoms with Crippen LogP contribution in [0.4, 0.5) is 8.78 Å². The first-order chi connectivity index (χ1) is 10.7. The Morgan fingerprint density at radius 1 is 1.26 bits per heavy atom. The van der Waals surface area contributed by atoms with Crippen molar-refractivity contribution in [2.24, 2.45) is 0 Å². The van der Waals surface area contributed by atoms with Crippen LogP contribution in [0, 0.1) is 13.8 Å². The maximum atomic E-state index is 12.2. The summed E-state index contributed by atoms with van der Waals surface area (Å²) in [6.07, 6.45) is 0. The smallest absolute Gasteiger partial charge is 0.387 e. The normalized spacial score (nSPS) is 11.5. The third-order valence-corrected chi connectivity index (χ3v) is 5.69. The molecule has 124 valence electrons. The van der Waals surface area contributed by atoms with Gasteiger partial charge in [-0.2, -0.15) is 8.78 Å². The van der Waals surface area contributed by atoms with E-state index >= 15 is 0 Å². The van der Waals surface area contributed by atoms with Gasteiger partial charge in [0.15, 0.2) is 4.21 Å². The van der Waals surface area contributed by atoms with Gasteiger partial charge < -0.3 is 4.74 Å². The fourth-order valence-corrected chi connectivity index (χ4v) is 4.24. The molecule has 0 saturated carbocycles. The molecule has 0 spiro atoms. The molecule has 1 aromatic carbocycles. The first kappa shape index (κ1) is 17.3. The topological polar surface area (TPSA) is 85.4 Å². The molecule has 0 fully saturated rings. The van der Waals surface area contributed by atoms with E-state index in [1.165, 1.54) is 19.1 Å². The average molecular weight is 362 g/mol. The van der Waals surface area contributed by atoms with Crippen molar-refractivity contribution in [3.63, 3.8) is 0 Å². The number of thiazole rings is 1. The monoisotopic (exact) mass is 362 g/mol. The van der Waals surface area contributed by atoms with Crippen LogP contribution in [-0.4, -0.2) is 25.9 Å². The molecule has 1 aromatic heterocycles. The van der Waals surface area contributed by atoms with E-state index in [0.29, 0.717) is 10.7 Å². The van der Waals surface area contributed by atoms with Gasteiger partial charge in [0.1, 0.15) is 5.75 Å². The number of aryl methyl sites for hydroxylation is 2. The van der Waals surface area contributed by atoms with Crippen LogP contribution in [-0.2, 0) is 10.0 Å². The van der Waals surface area contributed by atoms with Gasteiger partial charge >= 0.3 is 6.61 Å². The van der Waals surface area contributed by atoms with Gasteiger partial charge in [0.05, 0.1) is 10.7 Å². The van der Waals surface area contributed by atoms with Gasteiger partial charge in [0.2, 0.25) is 0 Å². The summed E-state index contributed by atoms with van der Waals surface area (Å²) >= 11 is 0.951. The van der Waals surface area contributed by atoms with Crippen LogP contribution in [0.5, 0.6) is 5.75 Å². The maximum Gasteiger partial charge on any atom is 0.387 e. The zero-order valence-electron chi connectivity index (χ0n) is 12.0. The van der Waals surface area contributed by atoms with Crippen molar-refractivity contribution >= 4 is 27.3 Å². The van der Waals surface area contributed by atoms with Crippen molar-refractivity contribution in [2.75, 3.05) is 0 Å². The largest absolute Gasteiger partial charge is 0.435 e. The number of halogens is 2. The number of rotatable bonds is 5. The molecule has 0 radical (unpaired) electrons. The van der Waals surface area contributed by atoms with Crippen LogP contribution in [0.2, 0.25) is 0 Å². The minimum Gasteiger partial charge on any atom is -0.435 e. The molecule has 1 amide bonds. The van der Waals surface area contributed by atoms with E-state index in [4.69, 9.17) is 0 Å². The van der Waals surface area contributed by atoms with Gasteiger partial charge in [-0.1, -0.05) is 0 Å². The van der Waals surface area contributed by atoms with E-state index in [1.807, 2.05) is 4.72 Å². The Balaban J connectivity index is 2.16. The van der Waals surface area contributed by atoms with Gasteiger partial charge in [-0.25, -0.2) is 18.1 Å². The highest BCUT2D eigenvalue weighted by Gasteiger charge is 2.24. The standard InChI is InChI=1S/C13H12F2N2O4S2/c1-7-12(22-8(2)16-7)23(19,20)17-11(18)9-3-5-10(6-4-9)21-13(14)15/h3-6,13H,1-2H3,(H,17,18). The van der Waals surface area contributed by atoms with Crippen molar-refractivity contribution in [1.82, 2.24) is 9.71 Å². The molecular formula is C13H12F2N2O4S2. The molecule has 0 aliphatic rings. The third-order valence-electron chi connectivity index (χ3n) is 2.67. The molecule has 0 saturated heterocycles. The van der Waals surface area contributed by atoms with Gasteiger partial charge in [0, 0.05) is 5.56 Å². The number of aromatic nitrogens is 1. The van der Waals surface area contributed by atoms with Crippen molar-refractivity contribution in [3.8, 4) is 5.75 Å². The number of nitrogens with one attached hydrogen (secondary N) is 1. The SMILES string of the molecule is Cc1nc(C)c(S(=O)(=O)NC(=O)c2ccc(OC(F)F)cc2)s1. The van der Waals surface area contributed by atoms with Crippen LogP contribution in [0.25, 0.3) is 0 Å². The molecule has 6 nitrogen and oxygen atoms in total. The number of sulfonamides is 1. The van der Waals surface area contributed by atoms with Crippen molar-refractivity contribution < 1.29 is 26.7 Å². The summed E-state index contributed by atoms with van der Waals surface area (Å²) in [4.78, 5) is 16.0. The quantitative estimate of drug-likeness (QED) is 0.883. The fraction of sp³-hybridized carbons (Fsp3) is 0.231. The van der Waals surface area contributed by atoms with Crippen LogP contribution in [0.3, 0.4) is 0 Å². The first-order valence-electron chi connectivity index (χ1n) is 6.25. The van der Waals surface area contributed by atoms with Crippen molar-refractivity contribution in [3.05, 3.63) is 40.5 Å². The minimum absolute atomic E-state index is 0.00548. The second kappa shape index (κ2) is 6.59. The Hall–Kier alpha value is -2.07. The number of carbonyl (C=O) groups is 1. The van der Waals surface area contributed by atoms with E-state index in [-0.39, 0.29) is 15.5 Å². The number of hydrogen-bond donors (Lipinski definition) is 1. The van der Waals surface area contributed by atoms with Gasteiger partial charge in [-0.05, 0) is 38.1 Å². The van der Waals surface area contributed by atoms with Gasteiger partial charge in [0.25, 0.3) is 15.9 Å². The highest BCUT2D eigenvalue weighted by molar-refractivity contribution is 7.92. The molecule has 0 aliphatic heterocycles. The number of ether oxygens (including phenoxy) is 1. The number of alkyl halides is 2. The molecule has 1 N–H and O–H groups in total. The molecule has 10 heteroatoms. The van der Waals surface area contributed by atoms with Crippen LogP contribution in [0.1, 0.15) is 21.1 Å². The van der Waals surface area contributed by atoms with Crippen molar-refractivity contribution in [2.45, 2.75) is 24.7 Å². The molecule has 2 aromatic rings. The summed E-state index contributed by atoms with van der Waals surface area (Å²) in [5.74, 6) is -1.01. The zero-order valence-corrected chi connectivity index (χ0v) is 13.7. The van der Waals surface area contributed by atoms with Crippen molar-refractivity contribution in [1.29, 1.82) is 0 Å².